The van der Waals surface area contributed by atoms with E-state index in [1.165, 1.54) is 83.5 Å². The molecule has 0 bridgehead atoms. The zero-order valence-electron chi connectivity index (χ0n) is 20.0. The number of hydrogen-bond acceptors (Lipinski definition) is 2. The number of carbonyl (C=O) groups is 2. The lowest BCUT2D eigenvalue weighted by Crippen LogP contribution is -2.10. The Hall–Kier alpha value is -1.32. The molecule has 0 spiro atoms. The average molecular weight is 427 g/mol. The fourth-order valence-corrected chi connectivity index (χ4v) is 3.43. The van der Waals surface area contributed by atoms with Crippen molar-refractivity contribution < 1.29 is 19.8 Å². The number of hydrogen-bond donors (Lipinski definition) is 2. The van der Waals surface area contributed by atoms with Crippen LogP contribution in [0.1, 0.15) is 136 Å². The molecule has 0 aromatic rings. The van der Waals surface area contributed by atoms with Gasteiger partial charge in [-0.25, -0.2) is 0 Å². The summed E-state index contributed by atoms with van der Waals surface area (Å²) in [7, 11) is 0. The minimum atomic E-state index is -0.738. The van der Waals surface area contributed by atoms with Crippen molar-refractivity contribution in [2.24, 2.45) is 5.92 Å². The Bertz CT molecular complexity index is 392. The second kappa shape index (κ2) is 25.7. The van der Waals surface area contributed by atoms with Gasteiger partial charge in [0.1, 0.15) is 0 Å². The second-order valence-electron chi connectivity index (χ2n) is 8.42. The van der Waals surface area contributed by atoms with Crippen LogP contribution in [0.15, 0.2) is 12.7 Å². The van der Waals surface area contributed by atoms with E-state index in [2.05, 4.69) is 20.4 Å². The van der Waals surface area contributed by atoms with Crippen molar-refractivity contribution in [1.82, 2.24) is 0 Å². The van der Waals surface area contributed by atoms with Gasteiger partial charge in [-0.05, 0) is 12.8 Å². The van der Waals surface area contributed by atoms with Crippen molar-refractivity contribution in [2.75, 3.05) is 0 Å². The number of unbranched alkanes of at least 4 members (excludes halogenated alkanes) is 15. The zero-order valence-corrected chi connectivity index (χ0v) is 20.0. The van der Waals surface area contributed by atoms with Gasteiger partial charge >= 0.3 is 11.9 Å². The molecule has 0 radical (unpaired) electrons. The van der Waals surface area contributed by atoms with Crippen molar-refractivity contribution >= 4 is 11.9 Å². The highest BCUT2D eigenvalue weighted by Crippen LogP contribution is 2.14. The lowest BCUT2D eigenvalue weighted by atomic mass is 10.0. The van der Waals surface area contributed by atoms with E-state index in [9.17, 15) is 9.59 Å². The standard InChI is InChI=1S/C14H26O2.C12H24O2/c1-3-5-6-7-8-9-10-11-12-13(4-2)14(15)16;1-2-3-4-5-6-7-8-9-10-11-12(13)14/h4,13H,2-3,5-12H2,1H3,(H,15,16);2-11H2,1H3,(H,13,14). The van der Waals surface area contributed by atoms with Gasteiger partial charge in [-0.15, -0.1) is 6.58 Å². The SMILES string of the molecule is C=CC(CCCCCCCCCC)C(=O)O.CCCCCCCCCCCC(=O)O. The normalized spacial score (nSPS) is 11.4. The van der Waals surface area contributed by atoms with Gasteiger partial charge < -0.3 is 10.2 Å². The molecule has 0 heterocycles. The van der Waals surface area contributed by atoms with Crippen molar-refractivity contribution in [3.63, 3.8) is 0 Å². The Balaban J connectivity index is 0. The molecule has 0 rings (SSSR count). The molecule has 1 atom stereocenters. The molecule has 0 aromatic carbocycles. The van der Waals surface area contributed by atoms with Gasteiger partial charge in [-0.1, -0.05) is 123 Å². The van der Waals surface area contributed by atoms with Gasteiger partial charge in [0.15, 0.2) is 0 Å². The second-order valence-corrected chi connectivity index (χ2v) is 8.42. The molecule has 4 heteroatoms. The summed E-state index contributed by atoms with van der Waals surface area (Å²) in [6.07, 6.45) is 23.8. The van der Waals surface area contributed by atoms with Crippen molar-refractivity contribution in [1.29, 1.82) is 0 Å². The van der Waals surface area contributed by atoms with E-state index in [-0.39, 0.29) is 5.92 Å². The van der Waals surface area contributed by atoms with Crippen LogP contribution in [0, 0.1) is 5.92 Å². The van der Waals surface area contributed by atoms with Gasteiger partial charge in [0.05, 0.1) is 5.92 Å². The summed E-state index contributed by atoms with van der Waals surface area (Å²) in [5.74, 6) is -1.74. The smallest absolute Gasteiger partial charge is 0.310 e. The van der Waals surface area contributed by atoms with Crippen LogP contribution < -0.4 is 0 Å². The summed E-state index contributed by atoms with van der Waals surface area (Å²) in [5, 5.41) is 17.2. The molecule has 30 heavy (non-hydrogen) atoms. The lowest BCUT2D eigenvalue weighted by molar-refractivity contribution is -0.140. The zero-order chi connectivity index (χ0) is 22.9. The summed E-state index contributed by atoms with van der Waals surface area (Å²) >= 11 is 0. The molecule has 0 saturated carbocycles. The predicted molar refractivity (Wildman–Crippen MR) is 128 cm³/mol. The minimum absolute atomic E-state index is 0.343. The maximum atomic E-state index is 10.7. The van der Waals surface area contributed by atoms with Gasteiger partial charge in [0.2, 0.25) is 0 Å². The molecule has 1 unspecified atom stereocenters. The molecule has 4 nitrogen and oxygen atoms in total. The molecule has 0 aromatic heterocycles. The molecule has 0 amide bonds. The largest absolute Gasteiger partial charge is 0.481 e. The fourth-order valence-electron chi connectivity index (χ4n) is 3.43. The van der Waals surface area contributed by atoms with E-state index in [1.807, 2.05) is 0 Å². The molecule has 0 aliphatic carbocycles. The fraction of sp³-hybridized carbons (Fsp3) is 0.846. The Morgan fingerprint density at radius 1 is 0.667 bits per heavy atom. The summed E-state index contributed by atoms with van der Waals surface area (Å²) in [6, 6.07) is 0. The van der Waals surface area contributed by atoms with Crippen LogP contribution in [0.2, 0.25) is 0 Å². The Kier molecular flexibility index (Phi) is 26.5. The van der Waals surface area contributed by atoms with Crippen LogP contribution in [0.25, 0.3) is 0 Å². The highest BCUT2D eigenvalue weighted by atomic mass is 16.4. The van der Waals surface area contributed by atoms with E-state index in [4.69, 9.17) is 10.2 Å². The predicted octanol–water partition coefficient (Wildman–Crippen LogP) is 8.40. The average Bonchev–Trinajstić information content (AvgIpc) is 2.71. The molecule has 0 saturated heterocycles. The van der Waals surface area contributed by atoms with Crippen LogP contribution in [0.4, 0.5) is 0 Å². The Labute approximate surface area is 186 Å². The Morgan fingerprint density at radius 2 is 1.03 bits per heavy atom. The first-order valence-corrected chi connectivity index (χ1v) is 12.6. The maximum absolute atomic E-state index is 10.7. The number of rotatable bonds is 21. The maximum Gasteiger partial charge on any atom is 0.310 e. The third-order valence-electron chi connectivity index (χ3n) is 5.46. The lowest BCUT2D eigenvalue weighted by Gasteiger charge is -2.06. The topological polar surface area (TPSA) is 74.6 Å². The first kappa shape index (κ1) is 30.9. The number of carboxylic acid groups (broad SMARTS) is 2. The summed E-state index contributed by atoms with van der Waals surface area (Å²) in [6.45, 7) is 8.00. The molecular weight excluding hydrogens is 376 g/mol. The van der Waals surface area contributed by atoms with Crippen LogP contribution in [0.5, 0.6) is 0 Å². The van der Waals surface area contributed by atoms with Crippen molar-refractivity contribution in [3.05, 3.63) is 12.7 Å². The quantitative estimate of drug-likeness (QED) is 0.143. The molecule has 178 valence electrons. The third kappa shape index (κ3) is 26.7. The van der Waals surface area contributed by atoms with E-state index < -0.39 is 11.9 Å². The summed E-state index contributed by atoms with van der Waals surface area (Å²) in [5.41, 5.74) is 0. The van der Waals surface area contributed by atoms with Crippen LogP contribution in [-0.4, -0.2) is 22.2 Å². The van der Waals surface area contributed by atoms with Crippen molar-refractivity contribution in [2.45, 2.75) is 136 Å². The highest BCUT2D eigenvalue weighted by molar-refractivity contribution is 5.71. The number of carboxylic acids is 2. The number of aliphatic carboxylic acids is 2. The van der Waals surface area contributed by atoms with Gasteiger partial charge in [0, 0.05) is 6.42 Å². The van der Waals surface area contributed by atoms with E-state index in [1.54, 1.807) is 6.08 Å². The first-order chi connectivity index (χ1) is 14.5. The minimum Gasteiger partial charge on any atom is -0.481 e. The van der Waals surface area contributed by atoms with Gasteiger partial charge in [0.25, 0.3) is 0 Å². The van der Waals surface area contributed by atoms with Gasteiger partial charge in [-0.3, -0.25) is 9.59 Å². The van der Waals surface area contributed by atoms with E-state index in [0.29, 0.717) is 6.42 Å². The van der Waals surface area contributed by atoms with Crippen LogP contribution in [-0.2, 0) is 9.59 Å². The van der Waals surface area contributed by atoms with E-state index in [0.717, 1.165) is 32.1 Å². The summed E-state index contributed by atoms with van der Waals surface area (Å²) in [4.78, 5) is 20.9. The molecule has 0 fully saturated rings. The van der Waals surface area contributed by atoms with Crippen molar-refractivity contribution in [3.8, 4) is 0 Å². The van der Waals surface area contributed by atoms with E-state index >= 15 is 0 Å². The van der Waals surface area contributed by atoms with Crippen LogP contribution >= 0.6 is 0 Å². The van der Waals surface area contributed by atoms with Crippen LogP contribution in [0.3, 0.4) is 0 Å². The molecular formula is C26H50O4. The molecule has 0 aliphatic rings. The first-order valence-electron chi connectivity index (χ1n) is 12.6. The van der Waals surface area contributed by atoms with Gasteiger partial charge in [-0.2, -0.15) is 0 Å². The third-order valence-corrected chi connectivity index (χ3v) is 5.46. The Morgan fingerprint density at radius 3 is 1.37 bits per heavy atom. The monoisotopic (exact) mass is 426 g/mol. The molecule has 2 N–H and O–H groups in total. The molecule has 0 aliphatic heterocycles. The summed E-state index contributed by atoms with van der Waals surface area (Å²) < 4.78 is 0. The highest BCUT2D eigenvalue weighted by Gasteiger charge is 2.11.